The minimum Gasteiger partial charge on any atom is -0.397 e. The van der Waals surface area contributed by atoms with Crippen LogP contribution in [0.5, 0.6) is 0 Å². The van der Waals surface area contributed by atoms with Crippen LogP contribution in [0.15, 0.2) is 18.3 Å². The Kier molecular flexibility index (Phi) is 7.76. The summed E-state index contributed by atoms with van der Waals surface area (Å²) >= 11 is 0. The Bertz CT molecular complexity index is 225. The molecule has 13 heavy (non-hydrogen) atoms. The van der Waals surface area contributed by atoms with E-state index >= 15 is 0 Å². The van der Waals surface area contributed by atoms with Crippen molar-refractivity contribution in [1.82, 2.24) is 4.98 Å². The maximum atomic E-state index is 5.49. The maximum absolute atomic E-state index is 5.49. The van der Waals surface area contributed by atoms with Crippen molar-refractivity contribution < 1.29 is 0 Å². The van der Waals surface area contributed by atoms with Crippen molar-refractivity contribution in [3.63, 3.8) is 0 Å². The maximum Gasteiger partial charge on any atom is 0.128 e. The minimum atomic E-state index is 0. The van der Waals surface area contributed by atoms with Crippen molar-refractivity contribution in [3.05, 3.63) is 18.3 Å². The van der Waals surface area contributed by atoms with Gasteiger partial charge in [-0.3, -0.25) is 0 Å². The molecule has 0 saturated carbocycles. The Morgan fingerprint density at radius 2 is 2.00 bits per heavy atom. The van der Waals surface area contributed by atoms with Crippen LogP contribution in [0.1, 0.15) is 6.92 Å². The Labute approximate surface area is 91.2 Å². The molecule has 0 saturated heterocycles. The number of hydrogen-bond donors (Lipinski definition) is 1. The smallest absolute Gasteiger partial charge is 0.128 e. The highest BCUT2D eigenvalue weighted by molar-refractivity contribution is 5.85. The number of hydrogen-bond acceptors (Lipinski definition) is 3. The number of nitrogen functional groups attached to an aromatic ring is 1. The summed E-state index contributed by atoms with van der Waals surface area (Å²) < 4.78 is 0. The van der Waals surface area contributed by atoms with E-state index in [1.165, 1.54) is 0 Å². The number of rotatable bonds is 2. The summed E-state index contributed by atoms with van der Waals surface area (Å²) in [5.74, 6) is 0.960. The molecule has 0 aliphatic carbocycles. The van der Waals surface area contributed by atoms with E-state index in [4.69, 9.17) is 5.73 Å². The second-order valence-corrected chi connectivity index (χ2v) is 2.46. The third-order valence-corrected chi connectivity index (χ3v) is 1.64. The first-order valence-corrected chi connectivity index (χ1v) is 3.66. The van der Waals surface area contributed by atoms with Gasteiger partial charge in [-0.25, -0.2) is 4.98 Å². The molecule has 0 spiro atoms. The summed E-state index contributed by atoms with van der Waals surface area (Å²) in [6.45, 7) is 3.04. The predicted octanol–water partition coefficient (Wildman–Crippen LogP) is 1.96. The zero-order valence-corrected chi connectivity index (χ0v) is 9.36. The molecule has 3 nitrogen and oxygen atoms in total. The average molecular weight is 224 g/mol. The van der Waals surface area contributed by atoms with Crippen molar-refractivity contribution in [2.75, 3.05) is 24.2 Å². The van der Waals surface area contributed by atoms with Crippen molar-refractivity contribution >= 4 is 36.3 Å². The molecule has 0 bridgehead atoms. The third-order valence-electron chi connectivity index (χ3n) is 1.64. The van der Waals surface area contributed by atoms with Crippen LogP contribution in [0.25, 0.3) is 0 Å². The number of aromatic nitrogens is 1. The molecule has 0 aromatic carbocycles. The molecule has 2 N–H and O–H groups in total. The molecule has 76 valence electrons. The van der Waals surface area contributed by atoms with Gasteiger partial charge in [0, 0.05) is 13.6 Å². The highest BCUT2D eigenvalue weighted by Gasteiger charge is 1.96. The molecular formula is C8H15Cl2N3. The van der Waals surface area contributed by atoms with E-state index in [0.29, 0.717) is 5.69 Å². The molecule has 0 unspecified atom stereocenters. The van der Waals surface area contributed by atoms with Crippen LogP contribution >= 0.6 is 24.8 Å². The Hall–Kier alpha value is -0.670. The van der Waals surface area contributed by atoms with Crippen molar-refractivity contribution in [2.24, 2.45) is 0 Å². The molecule has 5 heteroatoms. The summed E-state index contributed by atoms with van der Waals surface area (Å²) in [6, 6.07) is 3.77. The van der Waals surface area contributed by atoms with E-state index in [1.807, 2.05) is 19.2 Å². The van der Waals surface area contributed by atoms with Gasteiger partial charge in [-0.05, 0) is 19.1 Å². The first-order chi connectivity index (χ1) is 5.24. The lowest BCUT2D eigenvalue weighted by Crippen LogP contribution is -2.16. The van der Waals surface area contributed by atoms with E-state index in [0.717, 1.165) is 12.4 Å². The molecule has 1 heterocycles. The predicted molar refractivity (Wildman–Crippen MR) is 62.1 cm³/mol. The van der Waals surface area contributed by atoms with Gasteiger partial charge in [0.15, 0.2) is 0 Å². The summed E-state index contributed by atoms with van der Waals surface area (Å²) in [7, 11) is 2.00. The van der Waals surface area contributed by atoms with Gasteiger partial charge >= 0.3 is 0 Å². The highest BCUT2D eigenvalue weighted by atomic mass is 35.5. The number of anilines is 2. The normalized spacial score (nSPS) is 8.15. The number of nitrogens with two attached hydrogens (primary N) is 1. The minimum absolute atomic E-state index is 0. The number of halogens is 2. The highest BCUT2D eigenvalue weighted by Crippen LogP contribution is 2.09. The summed E-state index contributed by atoms with van der Waals surface area (Å²) in [6.07, 6.45) is 1.67. The molecule has 0 amide bonds. The molecule has 0 fully saturated rings. The molecule has 1 aromatic heterocycles. The zero-order chi connectivity index (χ0) is 8.27. The van der Waals surface area contributed by atoms with Crippen LogP contribution in [-0.4, -0.2) is 18.6 Å². The summed E-state index contributed by atoms with van der Waals surface area (Å²) in [5, 5.41) is 0. The van der Waals surface area contributed by atoms with Crippen molar-refractivity contribution in [1.29, 1.82) is 0 Å². The number of nitrogens with zero attached hydrogens (tertiary/aromatic N) is 2. The fourth-order valence-electron chi connectivity index (χ4n) is 0.785. The molecular weight excluding hydrogens is 209 g/mol. The monoisotopic (exact) mass is 223 g/mol. The van der Waals surface area contributed by atoms with E-state index in [1.54, 1.807) is 6.20 Å². The first-order valence-electron chi connectivity index (χ1n) is 3.66. The topological polar surface area (TPSA) is 42.1 Å². The van der Waals surface area contributed by atoms with Gasteiger partial charge < -0.3 is 10.6 Å². The molecule has 1 aromatic rings. The van der Waals surface area contributed by atoms with E-state index < -0.39 is 0 Å². The van der Waals surface area contributed by atoms with Crippen LogP contribution in [0.4, 0.5) is 11.5 Å². The largest absolute Gasteiger partial charge is 0.397 e. The quantitative estimate of drug-likeness (QED) is 0.834. The second-order valence-electron chi connectivity index (χ2n) is 2.46. The lowest BCUT2D eigenvalue weighted by Gasteiger charge is -2.14. The van der Waals surface area contributed by atoms with Gasteiger partial charge in [0.1, 0.15) is 5.82 Å². The van der Waals surface area contributed by atoms with E-state index in [2.05, 4.69) is 16.8 Å². The lowest BCUT2D eigenvalue weighted by molar-refractivity contribution is 0.939. The average Bonchev–Trinajstić information content (AvgIpc) is 2.05. The molecule has 0 aliphatic heterocycles. The zero-order valence-electron chi connectivity index (χ0n) is 7.73. The molecule has 1 rings (SSSR count). The van der Waals surface area contributed by atoms with Crippen molar-refractivity contribution in [2.45, 2.75) is 6.92 Å². The molecule has 0 radical (unpaired) electrons. The Balaban J connectivity index is 0. The van der Waals surface area contributed by atoms with Crippen LogP contribution in [0, 0.1) is 0 Å². The standard InChI is InChI=1S/C8H13N3.2ClH/c1-3-11(2)8-5-4-7(9)6-10-8;;/h4-6H,3,9H2,1-2H3;2*1H. The molecule has 0 aliphatic rings. The van der Waals surface area contributed by atoms with Crippen LogP contribution in [-0.2, 0) is 0 Å². The second kappa shape index (κ2) is 6.80. The van der Waals surface area contributed by atoms with Gasteiger partial charge in [0.05, 0.1) is 11.9 Å². The lowest BCUT2D eigenvalue weighted by atomic mass is 10.4. The van der Waals surface area contributed by atoms with Crippen LogP contribution < -0.4 is 10.6 Å². The molecule has 0 atom stereocenters. The van der Waals surface area contributed by atoms with Gasteiger partial charge in [-0.15, -0.1) is 24.8 Å². The van der Waals surface area contributed by atoms with Crippen molar-refractivity contribution in [3.8, 4) is 0 Å². The van der Waals surface area contributed by atoms with E-state index in [9.17, 15) is 0 Å². The Morgan fingerprint density at radius 3 is 2.38 bits per heavy atom. The summed E-state index contributed by atoms with van der Waals surface area (Å²) in [4.78, 5) is 6.20. The SMILES string of the molecule is CCN(C)c1ccc(N)cn1.Cl.Cl. The number of pyridine rings is 1. The van der Waals surface area contributed by atoms with Crippen LogP contribution in [0.3, 0.4) is 0 Å². The Morgan fingerprint density at radius 1 is 1.38 bits per heavy atom. The summed E-state index contributed by atoms with van der Waals surface area (Å²) in [5.41, 5.74) is 6.19. The van der Waals surface area contributed by atoms with Gasteiger partial charge in [0.25, 0.3) is 0 Å². The van der Waals surface area contributed by atoms with Crippen LogP contribution in [0.2, 0.25) is 0 Å². The first kappa shape index (κ1) is 14.8. The fourth-order valence-corrected chi connectivity index (χ4v) is 0.785. The van der Waals surface area contributed by atoms with Gasteiger partial charge in [-0.2, -0.15) is 0 Å². The van der Waals surface area contributed by atoms with Gasteiger partial charge in [-0.1, -0.05) is 0 Å². The van der Waals surface area contributed by atoms with E-state index in [-0.39, 0.29) is 24.8 Å². The fraction of sp³-hybridized carbons (Fsp3) is 0.375. The third kappa shape index (κ3) is 4.20. The van der Waals surface area contributed by atoms with Gasteiger partial charge in [0.2, 0.25) is 0 Å².